The molecule has 1 aliphatic rings. The largest absolute Gasteiger partial charge is 0.450 e. The van der Waals surface area contributed by atoms with Gasteiger partial charge in [0.2, 0.25) is 0 Å². The fourth-order valence-electron chi connectivity index (χ4n) is 3.02. The van der Waals surface area contributed by atoms with Crippen LogP contribution < -0.4 is 16.2 Å². The molecule has 0 saturated heterocycles. The number of rotatable bonds is 4. The van der Waals surface area contributed by atoms with Crippen LogP contribution in [0.4, 0.5) is 10.5 Å². The first kappa shape index (κ1) is 19.9. The lowest BCUT2D eigenvalue weighted by molar-refractivity contribution is 0.0849. The smallest absolute Gasteiger partial charge is 0.411 e. The van der Waals surface area contributed by atoms with Crippen molar-refractivity contribution in [3.63, 3.8) is 0 Å². The van der Waals surface area contributed by atoms with Gasteiger partial charge < -0.3 is 4.74 Å². The van der Waals surface area contributed by atoms with Crippen LogP contribution in [0.25, 0.3) is 0 Å². The molecule has 1 aromatic carbocycles. The highest BCUT2D eigenvalue weighted by Gasteiger charge is 2.17. The number of fused-ring (bicyclic) bond motifs is 1. The van der Waals surface area contributed by atoms with Gasteiger partial charge >= 0.3 is 6.09 Å². The van der Waals surface area contributed by atoms with Gasteiger partial charge in [0.15, 0.2) is 0 Å². The van der Waals surface area contributed by atoms with Gasteiger partial charge in [0, 0.05) is 16.1 Å². The Labute approximate surface area is 167 Å². The Morgan fingerprint density at radius 2 is 1.71 bits per heavy atom. The van der Waals surface area contributed by atoms with E-state index in [-0.39, 0.29) is 12.5 Å². The number of hydrogen-bond acceptors (Lipinski definition) is 5. The summed E-state index contributed by atoms with van der Waals surface area (Å²) in [6.07, 6.45) is 5.02. The van der Waals surface area contributed by atoms with Crippen molar-refractivity contribution in [3.05, 3.63) is 51.2 Å². The van der Waals surface area contributed by atoms with Crippen molar-refractivity contribution < 1.29 is 19.1 Å². The number of anilines is 1. The van der Waals surface area contributed by atoms with Gasteiger partial charge in [0.25, 0.3) is 11.8 Å². The quantitative estimate of drug-likeness (QED) is 0.538. The Hall–Kier alpha value is -2.87. The van der Waals surface area contributed by atoms with Gasteiger partial charge in [0.05, 0.1) is 11.5 Å². The number of nitrogens with one attached hydrogen (secondary N) is 3. The van der Waals surface area contributed by atoms with E-state index in [4.69, 9.17) is 4.74 Å². The third kappa shape index (κ3) is 5.10. The van der Waals surface area contributed by atoms with Crippen LogP contribution in [0.3, 0.4) is 0 Å². The van der Waals surface area contributed by atoms with Crippen LogP contribution in [0.15, 0.2) is 30.3 Å². The first-order valence-electron chi connectivity index (χ1n) is 9.33. The van der Waals surface area contributed by atoms with Crippen LogP contribution in [-0.4, -0.2) is 24.5 Å². The van der Waals surface area contributed by atoms with E-state index in [0.29, 0.717) is 16.1 Å². The second-order valence-corrected chi connectivity index (χ2v) is 7.59. The molecule has 0 radical (unpaired) electrons. The highest BCUT2D eigenvalue weighted by molar-refractivity contribution is 7.14. The summed E-state index contributed by atoms with van der Waals surface area (Å²) in [6, 6.07) is 8.21. The Kier molecular flexibility index (Phi) is 6.65. The molecule has 148 valence electrons. The molecule has 7 nitrogen and oxygen atoms in total. The van der Waals surface area contributed by atoms with E-state index >= 15 is 0 Å². The van der Waals surface area contributed by atoms with Gasteiger partial charge in [-0.25, -0.2) is 4.79 Å². The Bertz CT molecular complexity index is 837. The molecule has 3 rings (SSSR count). The van der Waals surface area contributed by atoms with Gasteiger partial charge in [0.1, 0.15) is 0 Å². The fraction of sp³-hybridized carbons (Fsp3) is 0.350. The normalized spacial score (nSPS) is 13.0. The summed E-state index contributed by atoms with van der Waals surface area (Å²) in [7, 11) is 0. The lowest BCUT2D eigenvalue weighted by Gasteiger charge is -2.08. The highest BCUT2D eigenvalue weighted by atomic mass is 32.1. The number of thiophene rings is 1. The fourth-order valence-corrected chi connectivity index (χ4v) is 4.17. The van der Waals surface area contributed by atoms with Crippen LogP contribution in [0, 0.1) is 0 Å². The summed E-state index contributed by atoms with van der Waals surface area (Å²) in [5.41, 5.74) is 7.02. The number of carbonyl (C=O) groups excluding carboxylic acids is 3. The maximum atomic E-state index is 12.3. The van der Waals surface area contributed by atoms with Crippen molar-refractivity contribution in [2.45, 2.75) is 39.0 Å². The maximum Gasteiger partial charge on any atom is 0.411 e. The number of ether oxygens (including phenoxy) is 1. The van der Waals surface area contributed by atoms with Gasteiger partial charge in [-0.3, -0.25) is 25.8 Å². The van der Waals surface area contributed by atoms with Crippen LogP contribution in [0.2, 0.25) is 0 Å². The molecule has 8 heteroatoms. The molecule has 1 aliphatic carbocycles. The van der Waals surface area contributed by atoms with Crippen molar-refractivity contribution in [2.75, 3.05) is 11.9 Å². The Morgan fingerprint density at radius 1 is 1.00 bits per heavy atom. The van der Waals surface area contributed by atoms with Crippen LogP contribution in [0.1, 0.15) is 56.7 Å². The number of benzene rings is 1. The molecule has 0 saturated carbocycles. The molecular weight excluding hydrogens is 378 g/mol. The second kappa shape index (κ2) is 9.36. The summed E-state index contributed by atoms with van der Waals surface area (Å²) < 4.78 is 4.79. The number of amides is 3. The minimum Gasteiger partial charge on any atom is -0.450 e. The molecule has 28 heavy (non-hydrogen) atoms. The molecule has 0 spiro atoms. The molecule has 0 bridgehead atoms. The van der Waals surface area contributed by atoms with Crippen LogP contribution in [-0.2, 0) is 17.6 Å². The topological polar surface area (TPSA) is 96.5 Å². The van der Waals surface area contributed by atoms with E-state index < -0.39 is 12.0 Å². The first-order valence-corrected chi connectivity index (χ1v) is 10.1. The zero-order valence-electron chi connectivity index (χ0n) is 15.7. The van der Waals surface area contributed by atoms with Crippen molar-refractivity contribution >= 4 is 34.9 Å². The predicted molar refractivity (Wildman–Crippen MR) is 108 cm³/mol. The first-order chi connectivity index (χ1) is 13.6. The molecular formula is C20H23N3O4S. The Balaban J connectivity index is 1.53. The number of carbonyl (C=O) groups is 3. The molecule has 3 N–H and O–H groups in total. The third-order valence-corrected chi connectivity index (χ3v) is 5.66. The number of hydrogen-bond donors (Lipinski definition) is 3. The minimum absolute atomic E-state index is 0.277. The van der Waals surface area contributed by atoms with E-state index in [2.05, 4.69) is 16.2 Å². The van der Waals surface area contributed by atoms with Gasteiger partial charge in [-0.15, -0.1) is 11.3 Å². The standard InChI is InChI=1S/C20H23N3O4S/c1-2-27-20(26)21-15-10-8-13(9-11-15)18(24)22-23-19(25)17-12-14-6-4-3-5-7-16(14)28-17/h8-12H,2-7H2,1H3,(H,21,26)(H,22,24)(H,23,25). The summed E-state index contributed by atoms with van der Waals surface area (Å²) in [4.78, 5) is 37.8. The van der Waals surface area contributed by atoms with Crippen molar-refractivity contribution in [2.24, 2.45) is 0 Å². The summed E-state index contributed by atoms with van der Waals surface area (Å²) in [6.45, 7) is 1.99. The molecule has 1 heterocycles. The SMILES string of the molecule is CCOC(=O)Nc1ccc(C(=O)NNC(=O)c2cc3c(s2)CCCCC3)cc1. The lowest BCUT2D eigenvalue weighted by Crippen LogP contribution is -2.41. The lowest BCUT2D eigenvalue weighted by atomic mass is 10.1. The monoisotopic (exact) mass is 401 g/mol. The number of aryl methyl sites for hydroxylation is 2. The van der Waals surface area contributed by atoms with E-state index in [1.807, 2.05) is 6.07 Å². The van der Waals surface area contributed by atoms with Crippen LogP contribution >= 0.6 is 11.3 Å². The molecule has 1 aromatic heterocycles. The minimum atomic E-state index is -0.554. The number of hydrazine groups is 1. The molecule has 0 aliphatic heterocycles. The maximum absolute atomic E-state index is 12.3. The van der Waals surface area contributed by atoms with Crippen molar-refractivity contribution in [1.82, 2.24) is 10.9 Å². The van der Waals surface area contributed by atoms with Gasteiger partial charge in [-0.05, 0) is 68.5 Å². The second-order valence-electron chi connectivity index (χ2n) is 6.45. The molecule has 2 aromatic rings. The van der Waals surface area contributed by atoms with Crippen molar-refractivity contribution in [3.8, 4) is 0 Å². The van der Waals surface area contributed by atoms with Gasteiger partial charge in [-0.2, -0.15) is 0 Å². The molecule has 0 atom stereocenters. The third-order valence-electron chi connectivity index (χ3n) is 4.43. The Morgan fingerprint density at radius 3 is 2.46 bits per heavy atom. The van der Waals surface area contributed by atoms with E-state index in [1.54, 1.807) is 31.2 Å². The molecule has 0 fully saturated rings. The van der Waals surface area contributed by atoms with Crippen LogP contribution in [0.5, 0.6) is 0 Å². The zero-order chi connectivity index (χ0) is 19.9. The summed E-state index contributed by atoms with van der Waals surface area (Å²) >= 11 is 1.50. The van der Waals surface area contributed by atoms with Crippen molar-refractivity contribution in [1.29, 1.82) is 0 Å². The van der Waals surface area contributed by atoms with E-state index in [0.717, 1.165) is 25.7 Å². The highest BCUT2D eigenvalue weighted by Crippen LogP contribution is 2.28. The van der Waals surface area contributed by atoms with E-state index in [9.17, 15) is 14.4 Å². The zero-order valence-corrected chi connectivity index (χ0v) is 16.5. The average molecular weight is 401 g/mol. The molecule has 3 amide bonds. The summed E-state index contributed by atoms with van der Waals surface area (Å²) in [5.74, 6) is -0.749. The predicted octanol–water partition coefficient (Wildman–Crippen LogP) is 3.66. The average Bonchev–Trinajstić information content (AvgIpc) is 2.97. The summed E-state index contributed by atoms with van der Waals surface area (Å²) in [5, 5.41) is 2.55. The van der Waals surface area contributed by atoms with Gasteiger partial charge in [-0.1, -0.05) is 6.42 Å². The van der Waals surface area contributed by atoms with E-state index in [1.165, 1.54) is 28.2 Å². The molecule has 0 unspecified atom stereocenters.